The van der Waals surface area contributed by atoms with Gasteiger partial charge in [-0.2, -0.15) is 5.10 Å². The fraction of sp³-hybridized carbons (Fsp3) is 0.263. The quantitative estimate of drug-likeness (QED) is 0.654. The number of nitrogens with one attached hydrogen (secondary N) is 1. The number of benzene rings is 2. The number of carbonyl (C=O) groups excluding carboxylic acids is 1. The fourth-order valence-corrected chi connectivity index (χ4v) is 1.96. The summed E-state index contributed by atoms with van der Waals surface area (Å²) in [6.45, 7) is 6.23. The summed E-state index contributed by atoms with van der Waals surface area (Å²) in [4.78, 5) is 11.7. The second-order valence-electron chi connectivity index (χ2n) is 5.72. The first kappa shape index (κ1) is 16.7. The van der Waals surface area contributed by atoms with Crippen molar-refractivity contribution in [2.24, 2.45) is 5.10 Å². The summed E-state index contributed by atoms with van der Waals surface area (Å²) in [5, 5.41) is 3.92. The largest absolute Gasteiger partial charge is 0.484 e. The van der Waals surface area contributed by atoms with Crippen molar-refractivity contribution in [2.75, 3.05) is 6.61 Å². The summed E-state index contributed by atoms with van der Waals surface area (Å²) in [6.07, 6.45) is 1.61. The van der Waals surface area contributed by atoms with E-state index in [9.17, 15) is 4.79 Å². The van der Waals surface area contributed by atoms with Crippen LogP contribution in [0.25, 0.3) is 0 Å². The highest BCUT2D eigenvalue weighted by Gasteiger charge is 2.03. The predicted octanol–water partition coefficient (Wildman–Crippen LogP) is 3.65. The molecule has 4 nitrogen and oxygen atoms in total. The minimum Gasteiger partial charge on any atom is -0.484 e. The molecule has 0 aromatic heterocycles. The molecule has 0 saturated heterocycles. The van der Waals surface area contributed by atoms with E-state index in [1.54, 1.807) is 6.21 Å². The van der Waals surface area contributed by atoms with E-state index in [1.807, 2.05) is 55.5 Å². The zero-order chi connectivity index (χ0) is 16.7. The van der Waals surface area contributed by atoms with Crippen LogP contribution >= 0.6 is 0 Å². The van der Waals surface area contributed by atoms with Crippen LogP contribution in [0.5, 0.6) is 5.75 Å². The van der Waals surface area contributed by atoms with E-state index in [0.29, 0.717) is 11.7 Å². The summed E-state index contributed by atoms with van der Waals surface area (Å²) in [6, 6.07) is 15.6. The molecule has 120 valence electrons. The monoisotopic (exact) mass is 310 g/mol. The Morgan fingerprint density at radius 3 is 2.39 bits per heavy atom. The lowest BCUT2D eigenvalue weighted by atomic mass is 10.0. The third-order valence-corrected chi connectivity index (χ3v) is 3.40. The number of aryl methyl sites for hydroxylation is 1. The number of hydrogen-bond acceptors (Lipinski definition) is 3. The Hall–Kier alpha value is -2.62. The van der Waals surface area contributed by atoms with Crippen molar-refractivity contribution in [1.82, 2.24) is 5.43 Å². The lowest BCUT2D eigenvalue weighted by Crippen LogP contribution is -2.24. The number of hydrogen-bond donors (Lipinski definition) is 1. The van der Waals surface area contributed by atoms with Gasteiger partial charge in [-0.05, 0) is 36.1 Å². The average Bonchev–Trinajstić information content (AvgIpc) is 2.55. The number of ether oxygens (including phenoxy) is 1. The first-order chi connectivity index (χ1) is 11.0. The van der Waals surface area contributed by atoms with Gasteiger partial charge in [0.2, 0.25) is 0 Å². The van der Waals surface area contributed by atoms with E-state index >= 15 is 0 Å². The molecule has 0 fully saturated rings. The van der Waals surface area contributed by atoms with Crippen LogP contribution in [0.3, 0.4) is 0 Å². The fourth-order valence-electron chi connectivity index (χ4n) is 1.96. The smallest absolute Gasteiger partial charge is 0.277 e. The maximum absolute atomic E-state index is 11.7. The van der Waals surface area contributed by atoms with E-state index in [1.165, 1.54) is 11.1 Å². The second-order valence-corrected chi connectivity index (χ2v) is 5.72. The van der Waals surface area contributed by atoms with E-state index in [0.717, 1.165) is 5.56 Å². The summed E-state index contributed by atoms with van der Waals surface area (Å²) in [5.74, 6) is 0.858. The van der Waals surface area contributed by atoms with Crippen LogP contribution in [0.1, 0.15) is 36.5 Å². The molecule has 0 aliphatic heterocycles. The van der Waals surface area contributed by atoms with Gasteiger partial charge in [0.15, 0.2) is 6.61 Å². The Morgan fingerprint density at radius 1 is 1.13 bits per heavy atom. The highest BCUT2D eigenvalue weighted by Crippen LogP contribution is 2.18. The number of rotatable bonds is 6. The molecule has 2 rings (SSSR count). The van der Waals surface area contributed by atoms with Crippen LogP contribution in [-0.4, -0.2) is 18.7 Å². The van der Waals surface area contributed by atoms with E-state index in [-0.39, 0.29) is 12.5 Å². The van der Waals surface area contributed by atoms with Gasteiger partial charge in [-0.15, -0.1) is 0 Å². The van der Waals surface area contributed by atoms with Crippen molar-refractivity contribution in [3.05, 3.63) is 65.2 Å². The lowest BCUT2D eigenvalue weighted by molar-refractivity contribution is -0.123. The second kappa shape index (κ2) is 8.13. The molecule has 0 spiro atoms. The molecule has 0 unspecified atom stereocenters. The molecule has 0 radical (unpaired) electrons. The van der Waals surface area contributed by atoms with Gasteiger partial charge in [0.25, 0.3) is 5.91 Å². The number of carbonyl (C=O) groups is 1. The Bertz CT molecular complexity index is 659. The molecule has 2 aromatic carbocycles. The molecule has 0 aliphatic carbocycles. The molecule has 0 atom stereocenters. The topological polar surface area (TPSA) is 50.7 Å². The maximum Gasteiger partial charge on any atom is 0.277 e. The normalized spacial score (nSPS) is 11.0. The van der Waals surface area contributed by atoms with E-state index in [4.69, 9.17) is 4.74 Å². The summed E-state index contributed by atoms with van der Waals surface area (Å²) >= 11 is 0. The highest BCUT2D eigenvalue weighted by molar-refractivity contribution is 5.82. The average molecular weight is 310 g/mol. The van der Waals surface area contributed by atoms with Gasteiger partial charge < -0.3 is 4.74 Å². The molecule has 0 aliphatic rings. The number of nitrogens with zero attached hydrogens (tertiary/aromatic N) is 1. The standard InChI is InChI=1S/C19H22N2O2/c1-14(2)17-8-10-18(11-9-17)23-13-19(22)21-20-12-16-6-4-15(3)5-7-16/h4-12,14H,13H2,1-3H3,(H,21,22). The van der Waals surface area contributed by atoms with Gasteiger partial charge in [0.05, 0.1) is 6.21 Å². The number of hydrazone groups is 1. The molecule has 23 heavy (non-hydrogen) atoms. The minimum absolute atomic E-state index is 0.0632. The zero-order valence-electron chi connectivity index (χ0n) is 13.7. The van der Waals surface area contributed by atoms with Crippen molar-refractivity contribution in [3.63, 3.8) is 0 Å². The van der Waals surface area contributed by atoms with Crippen LogP contribution in [0.15, 0.2) is 53.6 Å². The van der Waals surface area contributed by atoms with Crippen LogP contribution < -0.4 is 10.2 Å². The Labute approximate surface area is 137 Å². The molecule has 1 amide bonds. The van der Waals surface area contributed by atoms with Crippen molar-refractivity contribution >= 4 is 12.1 Å². The molecular weight excluding hydrogens is 288 g/mol. The lowest BCUT2D eigenvalue weighted by Gasteiger charge is -2.08. The zero-order valence-corrected chi connectivity index (χ0v) is 13.7. The first-order valence-electron chi connectivity index (χ1n) is 7.66. The highest BCUT2D eigenvalue weighted by atomic mass is 16.5. The molecule has 0 heterocycles. The van der Waals surface area contributed by atoms with Gasteiger partial charge in [-0.3, -0.25) is 4.79 Å². The molecule has 0 bridgehead atoms. The molecule has 2 aromatic rings. The SMILES string of the molecule is Cc1ccc(C=NNC(=O)COc2ccc(C(C)C)cc2)cc1. The first-order valence-corrected chi connectivity index (χ1v) is 7.66. The third kappa shape index (κ3) is 5.58. The van der Waals surface area contributed by atoms with Crippen molar-refractivity contribution < 1.29 is 9.53 Å². The summed E-state index contributed by atoms with van der Waals surface area (Å²) < 4.78 is 5.44. The minimum atomic E-state index is -0.290. The number of amides is 1. The molecule has 1 N–H and O–H groups in total. The van der Waals surface area contributed by atoms with Crippen LogP contribution in [0.4, 0.5) is 0 Å². The summed E-state index contributed by atoms with van der Waals surface area (Å²) in [7, 11) is 0. The Kier molecular flexibility index (Phi) is 5.92. The molecule has 4 heteroatoms. The van der Waals surface area contributed by atoms with E-state index in [2.05, 4.69) is 24.4 Å². The van der Waals surface area contributed by atoms with Crippen LogP contribution in [0, 0.1) is 6.92 Å². The predicted molar refractivity (Wildman–Crippen MR) is 92.9 cm³/mol. The summed E-state index contributed by atoms with van der Waals surface area (Å²) in [5.41, 5.74) is 5.81. The van der Waals surface area contributed by atoms with E-state index < -0.39 is 0 Å². The third-order valence-electron chi connectivity index (χ3n) is 3.40. The van der Waals surface area contributed by atoms with Gasteiger partial charge in [-0.25, -0.2) is 5.43 Å². The van der Waals surface area contributed by atoms with Gasteiger partial charge in [-0.1, -0.05) is 55.8 Å². The van der Waals surface area contributed by atoms with Crippen molar-refractivity contribution in [1.29, 1.82) is 0 Å². The van der Waals surface area contributed by atoms with Crippen LogP contribution in [-0.2, 0) is 4.79 Å². The van der Waals surface area contributed by atoms with Gasteiger partial charge >= 0.3 is 0 Å². The van der Waals surface area contributed by atoms with Gasteiger partial charge in [0, 0.05) is 0 Å². The Morgan fingerprint density at radius 2 is 1.78 bits per heavy atom. The van der Waals surface area contributed by atoms with Crippen molar-refractivity contribution in [3.8, 4) is 5.75 Å². The molecular formula is C19H22N2O2. The van der Waals surface area contributed by atoms with Crippen LogP contribution in [0.2, 0.25) is 0 Å². The Balaban J connectivity index is 1.77. The van der Waals surface area contributed by atoms with Gasteiger partial charge in [0.1, 0.15) is 5.75 Å². The van der Waals surface area contributed by atoms with Crippen molar-refractivity contribution in [2.45, 2.75) is 26.7 Å². The molecule has 0 saturated carbocycles. The maximum atomic E-state index is 11.7.